The Kier molecular flexibility index (Phi) is 5.09. The lowest BCUT2D eigenvalue weighted by molar-refractivity contribution is 0.587. The van der Waals surface area contributed by atoms with Crippen molar-refractivity contribution in [3.8, 4) is 6.07 Å². The maximum Gasteiger partial charge on any atom is 0.215 e. The highest BCUT2D eigenvalue weighted by Gasteiger charge is 2.09. The van der Waals surface area contributed by atoms with E-state index in [1.165, 1.54) is 7.05 Å². The van der Waals surface area contributed by atoms with Gasteiger partial charge in [0.1, 0.15) is 11.9 Å². The van der Waals surface area contributed by atoms with Crippen molar-refractivity contribution in [2.24, 2.45) is 0 Å². The van der Waals surface area contributed by atoms with Gasteiger partial charge in [-0.05, 0) is 30.3 Å². The molecule has 1 aromatic carbocycles. The van der Waals surface area contributed by atoms with Crippen LogP contribution in [0.4, 0.5) is 5.82 Å². The van der Waals surface area contributed by atoms with Gasteiger partial charge in [0.25, 0.3) is 0 Å². The minimum Gasteiger partial charge on any atom is -0.365 e. The molecule has 22 heavy (non-hydrogen) atoms. The minimum atomic E-state index is -3.29. The third kappa shape index (κ3) is 4.28. The molecule has 2 N–H and O–H groups in total. The second-order valence-electron chi connectivity index (χ2n) is 4.65. The van der Waals surface area contributed by atoms with E-state index in [9.17, 15) is 8.42 Å². The number of hydrogen-bond donors (Lipinski definition) is 2. The van der Waals surface area contributed by atoms with Crippen LogP contribution in [0.15, 0.2) is 42.6 Å². The van der Waals surface area contributed by atoms with E-state index in [-0.39, 0.29) is 5.75 Å². The number of benzene rings is 1. The summed E-state index contributed by atoms with van der Waals surface area (Å²) in [7, 11) is -1.90. The molecule has 0 saturated carbocycles. The number of sulfonamides is 1. The third-order valence-corrected chi connectivity index (χ3v) is 4.38. The first-order valence-electron chi connectivity index (χ1n) is 6.62. The molecule has 0 spiro atoms. The zero-order chi connectivity index (χ0) is 16.0. The van der Waals surface area contributed by atoms with Crippen molar-refractivity contribution in [3.05, 3.63) is 59.3 Å². The van der Waals surface area contributed by atoms with E-state index >= 15 is 0 Å². The summed E-state index contributed by atoms with van der Waals surface area (Å²) in [5, 5.41) is 12.1. The van der Waals surface area contributed by atoms with Gasteiger partial charge in [0.15, 0.2) is 0 Å². The molecule has 0 unspecified atom stereocenters. The first-order valence-corrected chi connectivity index (χ1v) is 8.27. The van der Waals surface area contributed by atoms with Crippen molar-refractivity contribution in [2.75, 3.05) is 12.4 Å². The Morgan fingerprint density at radius 2 is 2.00 bits per heavy atom. The maximum absolute atomic E-state index is 11.6. The van der Waals surface area contributed by atoms with E-state index < -0.39 is 10.0 Å². The van der Waals surface area contributed by atoms with Crippen molar-refractivity contribution in [2.45, 2.75) is 12.3 Å². The van der Waals surface area contributed by atoms with Crippen LogP contribution in [-0.4, -0.2) is 20.4 Å². The van der Waals surface area contributed by atoms with Crippen molar-refractivity contribution >= 4 is 15.8 Å². The van der Waals surface area contributed by atoms with Gasteiger partial charge in [-0.25, -0.2) is 18.1 Å². The summed E-state index contributed by atoms with van der Waals surface area (Å²) in [6.45, 7) is 0.457. The van der Waals surface area contributed by atoms with Crippen LogP contribution in [0.25, 0.3) is 0 Å². The van der Waals surface area contributed by atoms with Gasteiger partial charge >= 0.3 is 0 Å². The molecule has 1 heterocycles. The molecule has 6 nitrogen and oxygen atoms in total. The van der Waals surface area contributed by atoms with Crippen LogP contribution < -0.4 is 10.0 Å². The largest absolute Gasteiger partial charge is 0.365 e. The number of nitrogens with one attached hydrogen (secondary N) is 2. The monoisotopic (exact) mass is 316 g/mol. The molecule has 0 aliphatic heterocycles. The molecular weight excluding hydrogens is 300 g/mol. The normalized spacial score (nSPS) is 10.9. The second kappa shape index (κ2) is 7.02. The average molecular weight is 316 g/mol. The van der Waals surface area contributed by atoms with Crippen LogP contribution >= 0.6 is 0 Å². The van der Waals surface area contributed by atoms with Gasteiger partial charge in [-0.2, -0.15) is 5.26 Å². The van der Waals surface area contributed by atoms with Crippen LogP contribution in [0.3, 0.4) is 0 Å². The van der Waals surface area contributed by atoms with Gasteiger partial charge in [-0.15, -0.1) is 0 Å². The van der Waals surface area contributed by atoms with E-state index in [1.807, 2.05) is 12.1 Å². The van der Waals surface area contributed by atoms with Gasteiger partial charge in [0.05, 0.1) is 11.3 Å². The predicted octanol–water partition coefficient (Wildman–Crippen LogP) is 1.61. The number of nitrogens with zero attached hydrogens (tertiary/aromatic N) is 2. The fraction of sp³-hybridized carbons (Fsp3) is 0.200. The van der Waals surface area contributed by atoms with Crippen molar-refractivity contribution in [3.63, 3.8) is 0 Å². The summed E-state index contributed by atoms with van der Waals surface area (Å²) >= 11 is 0. The average Bonchev–Trinajstić information content (AvgIpc) is 2.53. The molecule has 114 valence electrons. The van der Waals surface area contributed by atoms with Crippen molar-refractivity contribution in [1.82, 2.24) is 9.71 Å². The molecule has 2 rings (SSSR count). The van der Waals surface area contributed by atoms with Gasteiger partial charge in [-0.1, -0.05) is 24.3 Å². The quantitative estimate of drug-likeness (QED) is 0.844. The zero-order valence-corrected chi connectivity index (χ0v) is 12.9. The SMILES string of the molecule is CNS(=O)(=O)Cc1cccc(CNc2ncccc2C#N)c1. The minimum absolute atomic E-state index is 0.0651. The van der Waals surface area contributed by atoms with E-state index in [0.717, 1.165) is 5.56 Å². The standard InChI is InChI=1S/C15H16N4O2S/c1-17-22(20,21)11-13-5-2-4-12(8-13)10-19-15-14(9-16)6-3-7-18-15/h2-8,17H,10-11H2,1H3,(H,18,19). The molecule has 0 aliphatic rings. The summed E-state index contributed by atoms with van der Waals surface area (Å²) in [5.41, 5.74) is 2.09. The highest BCUT2D eigenvalue weighted by molar-refractivity contribution is 7.88. The predicted molar refractivity (Wildman–Crippen MR) is 84.4 cm³/mol. The molecule has 0 radical (unpaired) electrons. The molecule has 0 atom stereocenters. The van der Waals surface area contributed by atoms with Gasteiger partial charge in [0.2, 0.25) is 10.0 Å². The van der Waals surface area contributed by atoms with E-state index in [2.05, 4.69) is 21.1 Å². The summed E-state index contributed by atoms with van der Waals surface area (Å²) in [6.07, 6.45) is 1.61. The molecule has 0 fully saturated rings. The number of rotatable bonds is 6. The third-order valence-electron chi connectivity index (χ3n) is 3.05. The van der Waals surface area contributed by atoms with Crippen LogP contribution in [-0.2, 0) is 22.3 Å². The number of aromatic nitrogens is 1. The van der Waals surface area contributed by atoms with E-state index in [4.69, 9.17) is 5.26 Å². The second-order valence-corrected chi connectivity index (χ2v) is 6.57. The molecule has 0 aliphatic carbocycles. The van der Waals surface area contributed by atoms with Crippen molar-refractivity contribution in [1.29, 1.82) is 5.26 Å². The van der Waals surface area contributed by atoms with Crippen LogP contribution in [0.2, 0.25) is 0 Å². The lowest BCUT2D eigenvalue weighted by atomic mass is 10.1. The molecule has 0 bridgehead atoms. The van der Waals surface area contributed by atoms with E-state index in [1.54, 1.807) is 30.5 Å². The summed E-state index contributed by atoms with van der Waals surface area (Å²) in [6, 6.07) is 12.7. The molecule has 1 aromatic heterocycles. The molecular formula is C15H16N4O2S. The summed E-state index contributed by atoms with van der Waals surface area (Å²) in [4.78, 5) is 4.12. The zero-order valence-electron chi connectivity index (χ0n) is 12.1. The van der Waals surface area contributed by atoms with Crippen LogP contribution in [0.1, 0.15) is 16.7 Å². The highest BCUT2D eigenvalue weighted by Crippen LogP contribution is 2.13. The molecule has 7 heteroatoms. The Bertz CT molecular complexity index is 797. The first kappa shape index (κ1) is 15.9. The Labute approximate surface area is 129 Å². The van der Waals surface area contributed by atoms with E-state index in [0.29, 0.717) is 23.5 Å². The molecule has 0 saturated heterocycles. The fourth-order valence-corrected chi connectivity index (χ4v) is 2.71. The Balaban J connectivity index is 2.10. The van der Waals surface area contributed by atoms with Gasteiger partial charge < -0.3 is 5.32 Å². The first-order chi connectivity index (χ1) is 10.5. The Morgan fingerprint density at radius 1 is 1.23 bits per heavy atom. The fourth-order valence-electron chi connectivity index (χ4n) is 1.94. The number of anilines is 1. The summed E-state index contributed by atoms with van der Waals surface area (Å²) < 4.78 is 25.4. The van der Waals surface area contributed by atoms with Gasteiger partial charge in [-0.3, -0.25) is 0 Å². The van der Waals surface area contributed by atoms with Crippen LogP contribution in [0.5, 0.6) is 0 Å². The Morgan fingerprint density at radius 3 is 2.73 bits per heavy atom. The molecule has 2 aromatic rings. The smallest absolute Gasteiger partial charge is 0.215 e. The Hall–Kier alpha value is -2.43. The number of hydrogen-bond acceptors (Lipinski definition) is 5. The topological polar surface area (TPSA) is 94.9 Å². The van der Waals surface area contributed by atoms with Crippen LogP contribution in [0, 0.1) is 11.3 Å². The lowest BCUT2D eigenvalue weighted by Crippen LogP contribution is -2.20. The van der Waals surface area contributed by atoms with Gasteiger partial charge in [0, 0.05) is 12.7 Å². The number of nitriles is 1. The molecule has 0 amide bonds. The maximum atomic E-state index is 11.6. The lowest BCUT2D eigenvalue weighted by Gasteiger charge is -2.09. The number of pyridine rings is 1. The van der Waals surface area contributed by atoms with Crippen molar-refractivity contribution < 1.29 is 8.42 Å². The summed E-state index contributed by atoms with van der Waals surface area (Å²) in [5.74, 6) is 0.447. The highest BCUT2D eigenvalue weighted by atomic mass is 32.2.